The Morgan fingerprint density at radius 1 is 0.346 bits per heavy atom. The molecule has 0 aliphatic carbocycles. The average Bonchev–Trinajstić information content (AvgIpc) is 0.791. The van der Waals surface area contributed by atoms with Gasteiger partial charge in [-0.1, -0.05) is 423 Å². The van der Waals surface area contributed by atoms with Crippen LogP contribution in [0.3, 0.4) is 0 Å². The van der Waals surface area contributed by atoms with Crippen LogP contribution in [0.2, 0.25) is 0 Å². The summed E-state index contributed by atoms with van der Waals surface area (Å²) in [5, 5.41) is 88.1. The van der Waals surface area contributed by atoms with Gasteiger partial charge in [0, 0.05) is 6.42 Å². The smallest absolute Gasteiger partial charge is 0.220 e. The molecule has 2 fully saturated rings. The SMILES string of the molecule is CCCCCCC/C=C\C/C=C\CCCCCCCCCCCCCCCCCCCCCCCCCCCCCC(=O)NC(COC1OC(CO)C(OC2OC(CO)C(O)C(O)C2O)C(O)C1O)C(O)CCCCCCCCCCCCCCCCCCCCCCCCCCCCCCCCC. The molecule has 2 saturated heterocycles. The lowest BCUT2D eigenvalue weighted by atomic mass is 9.97. The largest absolute Gasteiger partial charge is 0.394 e. The van der Waals surface area contributed by atoms with E-state index in [1.54, 1.807) is 0 Å². The van der Waals surface area contributed by atoms with Gasteiger partial charge in [-0.2, -0.15) is 0 Å². The van der Waals surface area contributed by atoms with E-state index in [1.807, 2.05) is 0 Å². The van der Waals surface area contributed by atoms with Gasteiger partial charge in [-0.15, -0.1) is 0 Å². The van der Waals surface area contributed by atoms with E-state index in [0.29, 0.717) is 12.8 Å². The highest BCUT2D eigenvalue weighted by Crippen LogP contribution is 2.31. The molecule has 104 heavy (non-hydrogen) atoms. The maximum Gasteiger partial charge on any atom is 0.220 e. The maximum absolute atomic E-state index is 13.4. The molecule has 0 spiro atoms. The summed E-state index contributed by atoms with van der Waals surface area (Å²) in [6, 6.07) is -0.828. The number of ether oxygens (including phenoxy) is 4. The van der Waals surface area contributed by atoms with Gasteiger partial charge in [-0.3, -0.25) is 4.79 Å². The summed E-state index contributed by atoms with van der Waals surface area (Å²) in [6.07, 6.45) is 81.2. The molecular formula is C90H173NO13. The minimum atomic E-state index is -1.78. The zero-order valence-corrected chi connectivity index (χ0v) is 68.1. The van der Waals surface area contributed by atoms with E-state index in [-0.39, 0.29) is 12.5 Å². The molecule has 1 amide bonds. The highest BCUT2D eigenvalue weighted by Gasteiger charge is 2.51. The fourth-order valence-electron chi connectivity index (χ4n) is 15.5. The summed E-state index contributed by atoms with van der Waals surface area (Å²) in [7, 11) is 0. The molecule has 2 aliphatic heterocycles. The van der Waals surface area contributed by atoms with Crippen molar-refractivity contribution in [3.63, 3.8) is 0 Å². The predicted octanol–water partition coefficient (Wildman–Crippen LogP) is 22.2. The Bertz CT molecular complexity index is 1840. The van der Waals surface area contributed by atoms with E-state index in [2.05, 4.69) is 43.5 Å². The van der Waals surface area contributed by atoms with Gasteiger partial charge in [0.1, 0.15) is 48.8 Å². The van der Waals surface area contributed by atoms with Crippen molar-refractivity contribution >= 4 is 5.91 Å². The fourth-order valence-corrected chi connectivity index (χ4v) is 15.5. The molecule has 12 atom stereocenters. The highest BCUT2D eigenvalue weighted by molar-refractivity contribution is 5.76. The summed E-state index contributed by atoms with van der Waals surface area (Å²) in [4.78, 5) is 13.4. The van der Waals surface area contributed by atoms with Crippen LogP contribution in [0.25, 0.3) is 0 Å². The van der Waals surface area contributed by atoms with E-state index in [9.17, 15) is 45.6 Å². The van der Waals surface area contributed by atoms with E-state index < -0.39 is 86.8 Å². The van der Waals surface area contributed by atoms with Crippen molar-refractivity contribution in [1.29, 1.82) is 0 Å². The van der Waals surface area contributed by atoms with E-state index >= 15 is 0 Å². The molecule has 0 bridgehead atoms. The molecule has 0 aromatic rings. The third-order valence-electron chi connectivity index (χ3n) is 22.7. The van der Waals surface area contributed by atoms with Crippen LogP contribution in [-0.4, -0.2) is 140 Å². The Morgan fingerprint density at radius 2 is 0.635 bits per heavy atom. The minimum absolute atomic E-state index is 0.195. The van der Waals surface area contributed by atoms with Crippen LogP contribution in [-0.2, 0) is 23.7 Å². The number of hydrogen-bond acceptors (Lipinski definition) is 13. The van der Waals surface area contributed by atoms with Gasteiger partial charge >= 0.3 is 0 Å². The Morgan fingerprint density at radius 3 is 0.962 bits per heavy atom. The zero-order valence-electron chi connectivity index (χ0n) is 68.1. The van der Waals surface area contributed by atoms with Crippen molar-refractivity contribution in [2.75, 3.05) is 19.8 Å². The van der Waals surface area contributed by atoms with Gasteiger partial charge in [0.2, 0.25) is 5.91 Å². The number of allylic oxidation sites excluding steroid dienone is 4. The summed E-state index contributed by atoms with van der Waals surface area (Å²) in [5.41, 5.74) is 0. The summed E-state index contributed by atoms with van der Waals surface area (Å²) >= 11 is 0. The first-order valence-electron chi connectivity index (χ1n) is 45.6. The molecular weight excluding hydrogens is 1300 g/mol. The second kappa shape index (κ2) is 74.2. The van der Waals surface area contributed by atoms with Gasteiger partial charge in [0.25, 0.3) is 0 Å². The van der Waals surface area contributed by atoms with Crippen LogP contribution in [0, 0.1) is 0 Å². The van der Waals surface area contributed by atoms with Crippen LogP contribution < -0.4 is 5.32 Å². The first-order chi connectivity index (χ1) is 51.1. The monoisotopic (exact) mass is 1480 g/mol. The number of rotatable bonds is 79. The molecule has 14 nitrogen and oxygen atoms in total. The second-order valence-electron chi connectivity index (χ2n) is 32.4. The van der Waals surface area contributed by atoms with E-state index in [1.165, 1.54) is 366 Å². The van der Waals surface area contributed by atoms with Crippen molar-refractivity contribution in [2.45, 2.75) is 524 Å². The standard InChI is InChI=1S/C90H173NO13/c1-3-5-7-9-11-13-15-17-19-21-23-25-27-29-31-33-35-36-37-38-39-40-41-42-44-46-48-50-52-54-56-58-60-62-64-66-68-70-72-74-82(95)91-78(77-101-89-87(100)85(98)88(81(76-93)103-89)104-90-86(99)84(97)83(96)80(75-92)102-90)79(94)73-71-69-67-65-63-61-59-57-55-53-51-49-47-45-43-34-32-30-28-26-24-22-20-18-16-14-12-10-8-6-4-2/h15,17,21,23,78-81,83-90,92-94,96-100H,3-14,16,18-20,22,24-77H2,1-2H3,(H,91,95)/b17-15-,23-21-. The Labute approximate surface area is 640 Å². The molecule has 2 aliphatic rings. The van der Waals surface area contributed by atoms with E-state index in [4.69, 9.17) is 18.9 Å². The van der Waals surface area contributed by atoms with Gasteiger partial charge in [0.05, 0.1) is 32.0 Å². The normalized spacial score (nSPS) is 21.5. The number of amides is 1. The summed E-state index contributed by atoms with van der Waals surface area (Å²) in [5.74, 6) is -0.195. The quantitative estimate of drug-likeness (QED) is 0.0204. The Balaban J connectivity index is 1.54. The molecule has 9 N–H and O–H groups in total. The number of carbonyl (C=O) groups is 1. The minimum Gasteiger partial charge on any atom is -0.394 e. The number of aliphatic hydroxyl groups is 8. The van der Waals surface area contributed by atoms with Crippen LogP contribution >= 0.6 is 0 Å². The van der Waals surface area contributed by atoms with Crippen molar-refractivity contribution in [3.05, 3.63) is 24.3 Å². The molecule has 0 radical (unpaired) electrons. The topological polar surface area (TPSA) is 228 Å². The molecule has 12 unspecified atom stereocenters. The maximum atomic E-state index is 13.4. The molecule has 14 heteroatoms. The van der Waals surface area contributed by atoms with Gasteiger partial charge in [-0.25, -0.2) is 0 Å². The second-order valence-corrected chi connectivity index (χ2v) is 32.4. The lowest BCUT2D eigenvalue weighted by Crippen LogP contribution is -2.65. The number of nitrogens with one attached hydrogen (secondary N) is 1. The molecule has 0 aromatic carbocycles. The van der Waals surface area contributed by atoms with Crippen LogP contribution in [0.15, 0.2) is 24.3 Å². The summed E-state index contributed by atoms with van der Waals surface area (Å²) in [6.45, 7) is 2.94. The average molecular weight is 1480 g/mol. The zero-order chi connectivity index (χ0) is 75.1. The lowest BCUT2D eigenvalue weighted by Gasteiger charge is -2.46. The van der Waals surface area contributed by atoms with Gasteiger partial charge in [0.15, 0.2) is 12.6 Å². The highest BCUT2D eigenvalue weighted by atomic mass is 16.7. The van der Waals surface area contributed by atoms with Crippen molar-refractivity contribution in [2.24, 2.45) is 0 Å². The van der Waals surface area contributed by atoms with Gasteiger partial charge in [-0.05, 0) is 44.9 Å². The number of aliphatic hydroxyl groups excluding tert-OH is 8. The molecule has 2 rings (SSSR count). The van der Waals surface area contributed by atoms with Crippen molar-refractivity contribution in [1.82, 2.24) is 5.32 Å². The molecule has 0 aromatic heterocycles. The Kier molecular flexibility index (Phi) is 70.3. The molecule has 616 valence electrons. The lowest BCUT2D eigenvalue weighted by molar-refractivity contribution is -0.359. The third kappa shape index (κ3) is 55.8. The summed E-state index contributed by atoms with van der Waals surface area (Å²) < 4.78 is 23.0. The number of carbonyl (C=O) groups excluding carboxylic acids is 1. The van der Waals surface area contributed by atoms with Crippen molar-refractivity contribution < 1.29 is 64.6 Å². The molecule has 2 heterocycles. The van der Waals surface area contributed by atoms with Gasteiger partial charge < -0.3 is 65.1 Å². The van der Waals surface area contributed by atoms with Crippen LogP contribution in [0.5, 0.6) is 0 Å². The molecule has 0 saturated carbocycles. The Hall–Kier alpha value is -1.53. The fraction of sp³-hybridized carbons (Fsp3) is 0.944. The first-order valence-corrected chi connectivity index (χ1v) is 45.6. The van der Waals surface area contributed by atoms with Crippen LogP contribution in [0.1, 0.15) is 450 Å². The first kappa shape index (κ1) is 98.5. The third-order valence-corrected chi connectivity index (χ3v) is 22.7. The van der Waals surface area contributed by atoms with Crippen LogP contribution in [0.4, 0.5) is 0 Å². The number of unbranched alkanes of at least 4 members (excludes halogenated alkanes) is 62. The predicted molar refractivity (Wildman–Crippen MR) is 434 cm³/mol. The van der Waals surface area contributed by atoms with Crippen molar-refractivity contribution in [3.8, 4) is 0 Å². The number of hydrogen-bond donors (Lipinski definition) is 9. The van der Waals surface area contributed by atoms with E-state index in [0.717, 1.165) is 57.8 Å².